The summed E-state index contributed by atoms with van der Waals surface area (Å²) in [6.45, 7) is 8.59. The molecule has 0 bridgehead atoms. The molecule has 2 amide bonds. The van der Waals surface area contributed by atoms with Crippen molar-refractivity contribution in [2.24, 2.45) is 5.92 Å². The Kier molecular flexibility index (Phi) is 6.55. The Morgan fingerprint density at radius 1 is 1.22 bits per heavy atom. The van der Waals surface area contributed by atoms with E-state index in [9.17, 15) is 9.59 Å². The van der Waals surface area contributed by atoms with Gasteiger partial charge in [0.15, 0.2) is 0 Å². The fraction of sp³-hybridized carbons (Fsp3) is 0.529. The van der Waals surface area contributed by atoms with E-state index in [0.717, 1.165) is 26.2 Å². The molecule has 0 aliphatic carbocycles. The molecule has 0 atom stereocenters. The molecule has 126 valence electrons. The van der Waals surface area contributed by atoms with Gasteiger partial charge in [0.05, 0.1) is 17.8 Å². The van der Waals surface area contributed by atoms with Gasteiger partial charge in [-0.3, -0.25) is 14.5 Å². The average Bonchev–Trinajstić information content (AvgIpc) is 2.54. The standard InChI is InChI=1S/C17H26N4O2/c1-13(2)11-19-17(23)14-5-3-4-6-15(14)20-16(22)12-21-9-7-18-8-10-21/h3-6,13,18H,7-12H2,1-2H3,(H,19,23)(H,20,22). The van der Waals surface area contributed by atoms with Crippen LogP contribution in [0.15, 0.2) is 24.3 Å². The van der Waals surface area contributed by atoms with Gasteiger partial charge in [0.25, 0.3) is 5.91 Å². The van der Waals surface area contributed by atoms with Crippen molar-refractivity contribution < 1.29 is 9.59 Å². The highest BCUT2D eigenvalue weighted by molar-refractivity contribution is 6.04. The van der Waals surface area contributed by atoms with Crippen LogP contribution in [0.5, 0.6) is 0 Å². The molecule has 1 aromatic rings. The van der Waals surface area contributed by atoms with E-state index in [-0.39, 0.29) is 11.8 Å². The van der Waals surface area contributed by atoms with Crippen LogP contribution in [0.3, 0.4) is 0 Å². The minimum absolute atomic E-state index is 0.0870. The summed E-state index contributed by atoms with van der Waals surface area (Å²) in [6.07, 6.45) is 0. The lowest BCUT2D eigenvalue weighted by Gasteiger charge is -2.26. The number of benzene rings is 1. The lowest BCUT2D eigenvalue weighted by atomic mass is 10.1. The summed E-state index contributed by atoms with van der Waals surface area (Å²) >= 11 is 0. The molecule has 2 rings (SSSR count). The molecule has 6 heteroatoms. The maximum Gasteiger partial charge on any atom is 0.253 e. The maximum absolute atomic E-state index is 12.3. The fourth-order valence-corrected chi connectivity index (χ4v) is 2.44. The van der Waals surface area contributed by atoms with E-state index in [2.05, 4.69) is 20.9 Å². The molecular weight excluding hydrogens is 292 g/mol. The molecule has 3 N–H and O–H groups in total. The van der Waals surface area contributed by atoms with Crippen molar-refractivity contribution in [1.29, 1.82) is 0 Å². The van der Waals surface area contributed by atoms with Gasteiger partial charge in [-0.25, -0.2) is 0 Å². The number of carbonyl (C=O) groups is 2. The average molecular weight is 318 g/mol. The van der Waals surface area contributed by atoms with E-state index in [0.29, 0.717) is 30.3 Å². The lowest BCUT2D eigenvalue weighted by molar-refractivity contribution is -0.117. The number of amides is 2. The zero-order valence-electron chi connectivity index (χ0n) is 13.9. The number of anilines is 1. The number of para-hydroxylation sites is 1. The highest BCUT2D eigenvalue weighted by Crippen LogP contribution is 2.15. The topological polar surface area (TPSA) is 73.5 Å². The van der Waals surface area contributed by atoms with Crippen LogP contribution in [0.1, 0.15) is 24.2 Å². The monoisotopic (exact) mass is 318 g/mol. The van der Waals surface area contributed by atoms with Gasteiger partial charge in [0.2, 0.25) is 5.91 Å². The van der Waals surface area contributed by atoms with Crippen LogP contribution < -0.4 is 16.0 Å². The third kappa shape index (κ3) is 5.65. The Bertz CT molecular complexity index is 539. The molecule has 1 aliphatic rings. The van der Waals surface area contributed by atoms with E-state index >= 15 is 0 Å². The Labute approximate surface area is 137 Å². The first-order valence-corrected chi connectivity index (χ1v) is 8.16. The maximum atomic E-state index is 12.3. The summed E-state index contributed by atoms with van der Waals surface area (Å²) < 4.78 is 0. The summed E-state index contributed by atoms with van der Waals surface area (Å²) in [5.41, 5.74) is 1.07. The molecule has 23 heavy (non-hydrogen) atoms. The van der Waals surface area contributed by atoms with Crippen LogP contribution in [0.25, 0.3) is 0 Å². The normalized spacial score (nSPS) is 15.4. The molecule has 0 radical (unpaired) electrons. The van der Waals surface area contributed by atoms with E-state index in [1.807, 2.05) is 19.9 Å². The van der Waals surface area contributed by atoms with Crippen molar-refractivity contribution in [2.45, 2.75) is 13.8 Å². The van der Waals surface area contributed by atoms with Gasteiger partial charge < -0.3 is 16.0 Å². The largest absolute Gasteiger partial charge is 0.352 e. The second kappa shape index (κ2) is 8.64. The van der Waals surface area contributed by atoms with Crippen molar-refractivity contribution in [3.8, 4) is 0 Å². The Hall–Kier alpha value is -1.92. The number of hydrogen-bond acceptors (Lipinski definition) is 4. The molecule has 0 unspecified atom stereocenters. The molecule has 1 aliphatic heterocycles. The minimum Gasteiger partial charge on any atom is -0.352 e. The predicted octanol–water partition coefficient (Wildman–Crippen LogP) is 0.916. The summed E-state index contributed by atoms with van der Waals surface area (Å²) in [5, 5.41) is 9.01. The van der Waals surface area contributed by atoms with Gasteiger partial charge in [-0.2, -0.15) is 0 Å². The van der Waals surface area contributed by atoms with Crippen molar-refractivity contribution in [1.82, 2.24) is 15.5 Å². The van der Waals surface area contributed by atoms with Crippen LogP contribution in [-0.4, -0.2) is 56.0 Å². The first kappa shape index (κ1) is 17.4. The van der Waals surface area contributed by atoms with Crippen LogP contribution in [0.2, 0.25) is 0 Å². The molecule has 6 nitrogen and oxygen atoms in total. The molecule has 0 saturated carbocycles. The Balaban J connectivity index is 1.96. The van der Waals surface area contributed by atoms with E-state index in [4.69, 9.17) is 0 Å². The van der Waals surface area contributed by atoms with E-state index in [1.54, 1.807) is 18.2 Å². The third-order valence-corrected chi connectivity index (χ3v) is 3.69. The van der Waals surface area contributed by atoms with Gasteiger partial charge in [0, 0.05) is 32.7 Å². The molecule has 0 spiro atoms. The van der Waals surface area contributed by atoms with Crippen LogP contribution in [0, 0.1) is 5.92 Å². The molecule has 1 heterocycles. The summed E-state index contributed by atoms with van der Waals surface area (Å²) in [4.78, 5) is 26.6. The van der Waals surface area contributed by atoms with Gasteiger partial charge in [-0.05, 0) is 18.1 Å². The first-order valence-electron chi connectivity index (χ1n) is 8.16. The SMILES string of the molecule is CC(C)CNC(=O)c1ccccc1NC(=O)CN1CCNCC1. The van der Waals surface area contributed by atoms with Gasteiger partial charge in [0.1, 0.15) is 0 Å². The molecule has 1 aromatic carbocycles. The zero-order chi connectivity index (χ0) is 16.7. The highest BCUT2D eigenvalue weighted by Gasteiger charge is 2.16. The molecular formula is C17H26N4O2. The second-order valence-electron chi connectivity index (χ2n) is 6.22. The number of piperazine rings is 1. The predicted molar refractivity (Wildman–Crippen MR) is 91.6 cm³/mol. The third-order valence-electron chi connectivity index (χ3n) is 3.69. The van der Waals surface area contributed by atoms with Crippen molar-refractivity contribution in [2.75, 3.05) is 44.6 Å². The van der Waals surface area contributed by atoms with Gasteiger partial charge >= 0.3 is 0 Å². The van der Waals surface area contributed by atoms with Crippen molar-refractivity contribution in [3.63, 3.8) is 0 Å². The Morgan fingerprint density at radius 3 is 2.61 bits per heavy atom. The van der Waals surface area contributed by atoms with Crippen molar-refractivity contribution in [3.05, 3.63) is 29.8 Å². The highest BCUT2D eigenvalue weighted by atomic mass is 16.2. The smallest absolute Gasteiger partial charge is 0.253 e. The first-order chi connectivity index (χ1) is 11.1. The molecule has 0 aromatic heterocycles. The van der Waals surface area contributed by atoms with E-state index in [1.165, 1.54) is 0 Å². The van der Waals surface area contributed by atoms with E-state index < -0.39 is 0 Å². The summed E-state index contributed by atoms with van der Waals surface area (Å²) in [5.74, 6) is 0.140. The lowest BCUT2D eigenvalue weighted by Crippen LogP contribution is -2.46. The number of carbonyl (C=O) groups excluding carboxylic acids is 2. The summed E-state index contributed by atoms with van der Waals surface area (Å²) in [6, 6.07) is 7.12. The second-order valence-corrected chi connectivity index (χ2v) is 6.22. The number of nitrogens with one attached hydrogen (secondary N) is 3. The van der Waals surface area contributed by atoms with Crippen LogP contribution in [-0.2, 0) is 4.79 Å². The summed E-state index contributed by atoms with van der Waals surface area (Å²) in [7, 11) is 0. The van der Waals surface area contributed by atoms with Gasteiger partial charge in [-0.1, -0.05) is 26.0 Å². The van der Waals surface area contributed by atoms with Crippen LogP contribution >= 0.6 is 0 Å². The molecule has 1 saturated heterocycles. The van der Waals surface area contributed by atoms with Crippen LogP contribution in [0.4, 0.5) is 5.69 Å². The zero-order valence-corrected chi connectivity index (χ0v) is 13.9. The number of rotatable bonds is 6. The Morgan fingerprint density at radius 2 is 1.91 bits per heavy atom. The fourth-order valence-electron chi connectivity index (χ4n) is 2.44. The quantitative estimate of drug-likeness (QED) is 0.729. The number of nitrogens with zero attached hydrogens (tertiary/aromatic N) is 1. The number of hydrogen-bond donors (Lipinski definition) is 3. The minimum atomic E-state index is -0.156. The van der Waals surface area contributed by atoms with Gasteiger partial charge in [-0.15, -0.1) is 0 Å². The molecule has 1 fully saturated rings. The van der Waals surface area contributed by atoms with Crippen molar-refractivity contribution >= 4 is 17.5 Å².